The molecule has 0 aromatic rings. The third-order valence-electron chi connectivity index (χ3n) is 1.93. The molecule has 2 rings (SSSR count). The van der Waals surface area contributed by atoms with Gasteiger partial charge in [0.15, 0.2) is 0 Å². The van der Waals surface area contributed by atoms with Gasteiger partial charge in [-0.25, -0.2) is 0 Å². The van der Waals surface area contributed by atoms with Crippen LogP contribution >= 0.6 is 0 Å². The Balaban J connectivity index is 2.08. The van der Waals surface area contributed by atoms with Gasteiger partial charge in [0.25, 0.3) is 0 Å². The monoisotopic (exact) mass is 142 g/mol. The van der Waals surface area contributed by atoms with E-state index in [1.165, 1.54) is 0 Å². The second kappa shape index (κ2) is 2.21. The Bertz CT molecular complexity index is 160. The van der Waals surface area contributed by atoms with Crippen LogP contribution in [0.3, 0.4) is 0 Å². The Morgan fingerprint density at radius 1 is 1.60 bits per heavy atom. The van der Waals surface area contributed by atoms with Gasteiger partial charge in [0, 0.05) is 13.1 Å². The number of hydrogen-bond donors (Lipinski definition) is 2. The summed E-state index contributed by atoms with van der Waals surface area (Å²) in [6.45, 7) is 2.17. The second-order valence-corrected chi connectivity index (χ2v) is 2.59. The minimum atomic E-state index is -0.0891. The quantitative estimate of drug-likeness (QED) is 0.431. The van der Waals surface area contributed by atoms with Crippen LogP contribution in [0.1, 0.15) is 0 Å². The van der Waals surface area contributed by atoms with Crippen molar-refractivity contribution in [3.05, 3.63) is 0 Å². The Kier molecular flexibility index (Phi) is 1.35. The Morgan fingerprint density at radius 2 is 2.50 bits per heavy atom. The number of rotatable bonds is 0. The first kappa shape index (κ1) is 6.12. The smallest absolute Gasteiger partial charge is 0.239 e. The van der Waals surface area contributed by atoms with E-state index < -0.39 is 0 Å². The summed E-state index contributed by atoms with van der Waals surface area (Å²) in [6, 6.07) is -0.0891. The first-order valence-electron chi connectivity index (χ1n) is 3.50. The molecule has 2 aliphatic heterocycles. The summed E-state index contributed by atoms with van der Waals surface area (Å²) in [6.07, 6.45) is 0.0706. The molecule has 2 heterocycles. The zero-order valence-electron chi connectivity index (χ0n) is 5.59. The average Bonchev–Trinajstić information content (AvgIpc) is 2.34. The van der Waals surface area contributed by atoms with Crippen LogP contribution in [0, 0.1) is 0 Å². The van der Waals surface area contributed by atoms with Gasteiger partial charge in [0.05, 0.1) is 12.7 Å². The van der Waals surface area contributed by atoms with Crippen molar-refractivity contribution in [1.82, 2.24) is 10.6 Å². The van der Waals surface area contributed by atoms with Crippen LogP contribution in [0.25, 0.3) is 0 Å². The first-order chi connectivity index (χ1) is 4.88. The Labute approximate surface area is 58.9 Å². The number of hydrogen-bond acceptors (Lipinski definition) is 3. The highest BCUT2D eigenvalue weighted by Crippen LogP contribution is 2.08. The van der Waals surface area contributed by atoms with E-state index in [1.807, 2.05) is 0 Å². The molecule has 2 fully saturated rings. The summed E-state index contributed by atoms with van der Waals surface area (Å²) in [4.78, 5) is 11.0. The van der Waals surface area contributed by atoms with E-state index in [9.17, 15) is 4.79 Å². The summed E-state index contributed by atoms with van der Waals surface area (Å²) < 4.78 is 5.33. The van der Waals surface area contributed by atoms with Gasteiger partial charge in [-0.15, -0.1) is 0 Å². The summed E-state index contributed by atoms with van der Waals surface area (Å²) in [5.74, 6) is 0.0738. The van der Waals surface area contributed by atoms with Gasteiger partial charge in [0.1, 0.15) is 6.04 Å². The highest BCUT2D eigenvalue weighted by Gasteiger charge is 2.36. The molecule has 4 heteroatoms. The highest BCUT2D eigenvalue weighted by molar-refractivity contribution is 5.84. The topological polar surface area (TPSA) is 50.4 Å². The Morgan fingerprint density at radius 3 is 3.30 bits per heavy atom. The maximum Gasteiger partial charge on any atom is 0.239 e. The molecule has 4 nitrogen and oxygen atoms in total. The fourth-order valence-electron chi connectivity index (χ4n) is 1.40. The van der Waals surface area contributed by atoms with Crippen molar-refractivity contribution in [2.75, 3.05) is 19.7 Å². The van der Waals surface area contributed by atoms with Crippen molar-refractivity contribution < 1.29 is 9.53 Å². The van der Waals surface area contributed by atoms with Crippen LogP contribution < -0.4 is 10.6 Å². The third kappa shape index (κ3) is 0.803. The van der Waals surface area contributed by atoms with Gasteiger partial charge in [0.2, 0.25) is 5.91 Å². The number of amides is 1. The molecule has 10 heavy (non-hydrogen) atoms. The van der Waals surface area contributed by atoms with E-state index in [0.717, 1.165) is 13.2 Å². The molecule has 0 aromatic carbocycles. The number of nitrogens with one attached hydrogen (secondary N) is 2. The van der Waals surface area contributed by atoms with Gasteiger partial charge in [-0.1, -0.05) is 0 Å². The van der Waals surface area contributed by atoms with Crippen LogP contribution in [0.15, 0.2) is 0 Å². The Hall–Kier alpha value is -0.610. The minimum absolute atomic E-state index is 0.0706. The van der Waals surface area contributed by atoms with Crippen molar-refractivity contribution >= 4 is 5.91 Å². The van der Waals surface area contributed by atoms with Gasteiger partial charge in [-0.2, -0.15) is 0 Å². The van der Waals surface area contributed by atoms with E-state index in [-0.39, 0.29) is 18.1 Å². The highest BCUT2D eigenvalue weighted by atomic mass is 16.5. The molecule has 0 radical (unpaired) electrons. The van der Waals surface area contributed by atoms with E-state index >= 15 is 0 Å². The molecular formula is C6H10N2O2. The predicted octanol–water partition coefficient (Wildman–Crippen LogP) is -1.53. The van der Waals surface area contributed by atoms with E-state index in [1.54, 1.807) is 0 Å². The summed E-state index contributed by atoms with van der Waals surface area (Å²) in [5.41, 5.74) is 0. The fourth-order valence-corrected chi connectivity index (χ4v) is 1.40. The molecule has 0 bridgehead atoms. The van der Waals surface area contributed by atoms with Gasteiger partial charge >= 0.3 is 0 Å². The lowest BCUT2D eigenvalue weighted by atomic mass is 10.2. The molecule has 0 aromatic heterocycles. The molecular weight excluding hydrogens is 132 g/mol. The largest absolute Gasteiger partial charge is 0.373 e. The second-order valence-electron chi connectivity index (χ2n) is 2.59. The van der Waals surface area contributed by atoms with Gasteiger partial charge in [-0.05, 0) is 0 Å². The molecule has 56 valence electrons. The zero-order chi connectivity index (χ0) is 6.97. The number of fused-ring (bicyclic) bond motifs is 1. The van der Waals surface area contributed by atoms with Gasteiger partial charge < -0.3 is 15.4 Å². The SMILES string of the molecule is O=C1NCC2OCCNC12. The van der Waals surface area contributed by atoms with Crippen LogP contribution in [0.2, 0.25) is 0 Å². The van der Waals surface area contributed by atoms with Crippen molar-refractivity contribution in [3.8, 4) is 0 Å². The van der Waals surface area contributed by atoms with Crippen LogP contribution in [-0.4, -0.2) is 37.7 Å². The molecule has 2 N–H and O–H groups in total. The normalized spacial score (nSPS) is 39.0. The molecule has 1 amide bonds. The summed E-state index contributed by atoms with van der Waals surface area (Å²) in [7, 11) is 0. The van der Waals surface area contributed by atoms with Gasteiger partial charge in [-0.3, -0.25) is 4.79 Å². The fraction of sp³-hybridized carbons (Fsp3) is 0.833. The standard InChI is InChI=1S/C6H10N2O2/c9-6-5-4(3-8-6)10-2-1-7-5/h4-5,7H,1-3H2,(H,8,9). The lowest BCUT2D eigenvalue weighted by molar-refractivity contribution is -0.123. The van der Waals surface area contributed by atoms with Crippen molar-refractivity contribution in [3.63, 3.8) is 0 Å². The molecule has 2 aliphatic rings. The molecule has 0 spiro atoms. The molecule has 2 saturated heterocycles. The van der Waals surface area contributed by atoms with Crippen LogP contribution in [0.5, 0.6) is 0 Å². The molecule has 2 unspecified atom stereocenters. The number of carbonyl (C=O) groups is 1. The third-order valence-corrected chi connectivity index (χ3v) is 1.93. The van der Waals surface area contributed by atoms with Crippen molar-refractivity contribution in [1.29, 1.82) is 0 Å². The first-order valence-corrected chi connectivity index (χ1v) is 3.50. The van der Waals surface area contributed by atoms with E-state index in [4.69, 9.17) is 4.74 Å². The maximum atomic E-state index is 11.0. The lowest BCUT2D eigenvalue weighted by Gasteiger charge is -2.23. The van der Waals surface area contributed by atoms with Crippen molar-refractivity contribution in [2.24, 2.45) is 0 Å². The minimum Gasteiger partial charge on any atom is -0.373 e. The molecule has 0 aliphatic carbocycles. The zero-order valence-corrected chi connectivity index (χ0v) is 5.59. The van der Waals surface area contributed by atoms with E-state index in [2.05, 4.69) is 10.6 Å². The molecule has 2 atom stereocenters. The lowest BCUT2D eigenvalue weighted by Crippen LogP contribution is -2.49. The molecule has 0 saturated carbocycles. The number of ether oxygens (including phenoxy) is 1. The number of carbonyl (C=O) groups excluding carboxylic acids is 1. The van der Waals surface area contributed by atoms with Crippen LogP contribution in [-0.2, 0) is 9.53 Å². The number of morpholine rings is 1. The summed E-state index contributed by atoms with van der Waals surface area (Å²) >= 11 is 0. The maximum absolute atomic E-state index is 11.0. The predicted molar refractivity (Wildman–Crippen MR) is 34.5 cm³/mol. The van der Waals surface area contributed by atoms with E-state index in [0.29, 0.717) is 6.54 Å². The summed E-state index contributed by atoms with van der Waals surface area (Å²) in [5, 5.41) is 5.83. The average molecular weight is 142 g/mol. The van der Waals surface area contributed by atoms with Crippen molar-refractivity contribution in [2.45, 2.75) is 12.1 Å². The van der Waals surface area contributed by atoms with Crippen LogP contribution in [0.4, 0.5) is 0 Å².